The van der Waals surface area contributed by atoms with Crippen LogP contribution in [0.2, 0.25) is 0 Å². The third kappa shape index (κ3) is 1.62. The molecule has 5 fully saturated rings. The first-order chi connectivity index (χ1) is 9.68. The summed E-state index contributed by atoms with van der Waals surface area (Å²) in [6.45, 7) is 15.0. The van der Waals surface area contributed by atoms with Crippen LogP contribution in [0.15, 0.2) is 0 Å². The molecule has 5 aliphatic carbocycles. The standard InChI is InChI=1S/C20H34O/c1-12-15-9-14(18(15,2)3)10-16(12)21-17-11-13-7-8-20(17,6)19(13,4)5/h12-17H,7-11H2,1-6H3. The van der Waals surface area contributed by atoms with Crippen molar-refractivity contribution in [1.82, 2.24) is 0 Å². The van der Waals surface area contributed by atoms with Crippen LogP contribution in [0.4, 0.5) is 0 Å². The number of ether oxygens (including phenoxy) is 1. The predicted molar refractivity (Wildman–Crippen MR) is 87.0 cm³/mol. The van der Waals surface area contributed by atoms with Crippen molar-refractivity contribution in [2.75, 3.05) is 0 Å². The molecule has 5 aliphatic rings. The highest BCUT2D eigenvalue weighted by Crippen LogP contribution is 2.68. The molecule has 5 saturated carbocycles. The average Bonchev–Trinajstić information content (AvgIpc) is 2.73. The summed E-state index contributed by atoms with van der Waals surface area (Å²) in [7, 11) is 0. The van der Waals surface area contributed by atoms with Gasteiger partial charge in [0.25, 0.3) is 0 Å². The summed E-state index contributed by atoms with van der Waals surface area (Å²) in [5.41, 5.74) is 1.49. The zero-order valence-electron chi connectivity index (χ0n) is 14.9. The normalized spacial score (nSPS) is 56.3. The summed E-state index contributed by atoms with van der Waals surface area (Å²) in [4.78, 5) is 0. The van der Waals surface area contributed by atoms with Gasteiger partial charge in [0.2, 0.25) is 0 Å². The molecule has 1 nitrogen and oxygen atoms in total. The zero-order chi connectivity index (χ0) is 15.2. The second-order valence-corrected chi connectivity index (χ2v) is 10.2. The Balaban J connectivity index is 1.49. The second kappa shape index (κ2) is 4.08. The fourth-order valence-corrected chi connectivity index (χ4v) is 6.83. The van der Waals surface area contributed by atoms with E-state index in [1.807, 2.05) is 0 Å². The van der Waals surface area contributed by atoms with Gasteiger partial charge in [-0.3, -0.25) is 0 Å². The minimum atomic E-state index is 0.425. The highest BCUT2D eigenvalue weighted by molar-refractivity contribution is 5.12. The van der Waals surface area contributed by atoms with Gasteiger partial charge in [-0.1, -0.05) is 41.5 Å². The van der Waals surface area contributed by atoms with E-state index in [0.717, 1.165) is 23.7 Å². The van der Waals surface area contributed by atoms with Gasteiger partial charge in [-0.05, 0) is 72.0 Å². The summed E-state index contributed by atoms with van der Waals surface area (Å²) in [6, 6.07) is 0. The van der Waals surface area contributed by atoms with Crippen molar-refractivity contribution in [3.05, 3.63) is 0 Å². The molecule has 0 amide bonds. The molecule has 0 heterocycles. The highest BCUT2D eigenvalue weighted by Gasteiger charge is 2.63. The van der Waals surface area contributed by atoms with E-state index in [9.17, 15) is 0 Å². The number of fused-ring (bicyclic) bond motifs is 4. The lowest BCUT2D eigenvalue weighted by molar-refractivity contribution is -0.202. The molecule has 5 rings (SSSR count). The number of hydrogen-bond donors (Lipinski definition) is 0. The quantitative estimate of drug-likeness (QED) is 0.671. The molecule has 0 spiro atoms. The van der Waals surface area contributed by atoms with Gasteiger partial charge < -0.3 is 4.74 Å². The molecule has 0 radical (unpaired) electrons. The first-order valence-corrected chi connectivity index (χ1v) is 9.33. The maximum Gasteiger partial charge on any atom is 0.0640 e. The number of rotatable bonds is 2. The first kappa shape index (κ1) is 14.5. The van der Waals surface area contributed by atoms with E-state index in [1.54, 1.807) is 0 Å². The SMILES string of the molecule is CC1C(OC2CC3CCC2(C)C3(C)C)CC2CC1C2(C)C. The second-order valence-electron chi connectivity index (χ2n) is 10.2. The van der Waals surface area contributed by atoms with Gasteiger partial charge in [0.05, 0.1) is 12.2 Å². The number of hydrogen-bond acceptors (Lipinski definition) is 1. The van der Waals surface area contributed by atoms with Crippen LogP contribution in [-0.2, 0) is 4.74 Å². The van der Waals surface area contributed by atoms with Crippen LogP contribution < -0.4 is 0 Å². The molecule has 0 aromatic rings. The Kier molecular flexibility index (Phi) is 2.82. The van der Waals surface area contributed by atoms with Crippen LogP contribution in [0.3, 0.4) is 0 Å². The van der Waals surface area contributed by atoms with Gasteiger partial charge in [-0.25, -0.2) is 0 Å². The highest BCUT2D eigenvalue weighted by atomic mass is 16.5. The van der Waals surface area contributed by atoms with E-state index < -0.39 is 0 Å². The molecule has 1 heteroatoms. The van der Waals surface area contributed by atoms with E-state index in [0.29, 0.717) is 28.5 Å². The third-order valence-electron chi connectivity index (χ3n) is 9.34. The lowest BCUT2D eigenvalue weighted by Gasteiger charge is -2.62. The van der Waals surface area contributed by atoms with Gasteiger partial charge in [0, 0.05) is 0 Å². The van der Waals surface area contributed by atoms with Crippen LogP contribution in [0, 0.1) is 39.9 Å². The predicted octanol–water partition coefficient (Wildman–Crippen LogP) is 5.29. The maximum atomic E-state index is 6.83. The maximum absolute atomic E-state index is 6.83. The lowest BCUT2D eigenvalue weighted by Crippen LogP contribution is -2.58. The van der Waals surface area contributed by atoms with Crippen LogP contribution >= 0.6 is 0 Å². The van der Waals surface area contributed by atoms with E-state index >= 15 is 0 Å². The van der Waals surface area contributed by atoms with Crippen molar-refractivity contribution in [2.45, 2.75) is 85.9 Å². The van der Waals surface area contributed by atoms with Crippen LogP contribution in [-0.4, -0.2) is 12.2 Å². The Labute approximate surface area is 131 Å². The first-order valence-electron chi connectivity index (χ1n) is 9.33. The summed E-state index contributed by atoms with van der Waals surface area (Å²) in [5, 5.41) is 0. The smallest absolute Gasteiger partial charge is 0.0640 e. The molecule has 4 bridgehead atoms. The summed E-state index contributed by atoms with van der Waals surface area (Å²) < 4.78 is 6.83. The van der Waals surface area contributed by atoms with Crippen LogP contribution in [0.5, 0.6) is 0 Å². The van der Waals surface area contributed by atoms with Gasteiger partial charge in [0.1, 0.15) is 0 Å². The summed E-state index contributed by atoms with van der Waals surface area (Å²) in [6.07, 6.45) is 7.99. The topological polar surface area (TPSA) is 9.23 Å². The van der Waals surface area contributed by atoms with Crippen molar-refractivity contribution in [1.29, 1.82) is 0 Å². The lowest BCUT2D eigenvalue weighted by atomic mass is 9.45. The van der Waals surface area contributed by atoms with Crippen molar-refractivity contribution in [2.24, 2.45) is 39.9 Å². The fraction of sp³-hybridized carbons (Fsp3) is 1.00. The molecular formula is C20H34O. The Hall–Kier alpha value is -0.0400. The van der Waals surface area contributed by atoms with E-state index in [-0.39, 0.29) is 0 Å². The van der Waals surface area contributed by atoms with Crippen molar-refractivity contribution < 1.29 is 4.74 Å². The van der Waals surface area contributed by atoms with Gasteiger partial charge in [-0.2, -0.15) is 0 Å². The van der Waals surface area contributed by atoms with Gasteiger partial charge in [0.15, 0.2) is 0 Å². The molecule has 7 atom stereocenters. The summed E-state index contributed by atoms with van der Waals surface area (Å²) in [5.74, 6) is 3.48. The molecule has 0 saturated heterocycles. The Bertz CT molecular complexity index is 451. The third-order valence-corrected chi connectivity index (χ3v) is 9.34. The minimum Gasteiger partial charge on any atom is -0.374 e. The zero-order valence-corrected chi connectivity index (χ0v) is 14.9. The minimum absolute atomic E-state index is 0.425. The Morgan fingerprint density at radius 1 is 0.905 bits per heavy atom. The van der Waals surface area contributed by atoms with Crippen molar-refractivity contribution >= 4 is 0 Å². The molecule has 21 heavy (non-hydrogen) atoms. The molecule has 0 aliphatic heterocycles. The van der Waals surface area contributed by atoms with Crippen molar-refractivity contribution in [3.8, 4) is 0 Å². The molecule has 0 aromatic carbocycles. The fourth-order valence-electron chi connectivity index (χ4n) is 6.83. The molecule has 7 unspecified atom stereocenters. The Morgan fingerprint density at radius 3 is 2.10 bits per heavy atom. The van der Waals surface area contributed by atoms with E-state index in [1.165, 1.54) is 32.1 Å². The van der Waals surface area contributed by atoms with Gasteiger partial charge in [-0.15, -0.1) is 0 Å². The molecular weight excluding hydrogens is 256 g/mol. The van der Waals surface area contributed by atoms with Crippen molar-refractivity contribution in [3.63, 3.8) is 0 Å². The molecule has 120 valence electrons. The van der Waals surface area contributed by atoms with E-state index in [2.05, 4.69) is 41.5 Å². The van der Waals surface area contributed by atoms with Crippen LogP contribution in [0.1, 0.15) is 73.6 Å². The molecule has 0 N–H and O–H groups in total. The van der Waals surface area contributed by atoms with Gasteiger partial charge >= 0.3 is 0 Å². The summed E-state index contributed by atoms with van der Waals surface area (Å²) >= 11 is 0. The average molecular weight is 290 g/mol. The largest absolute Gasteiger partial charge is 0.374 e. The monoisotopic (exact) mass is 290 g/mol. The Morgan fingerprint density at radius 2 is 1.62 bits per heavy atom. The molecule has 0 aromatic heterocycles. The van der Waals surface area contributed by atoms with E-state index in [4.69, 9.17) is 4.74 Å². The van der Waals surface area contributed by atoms with Crippen LogP contribution in [0.25, 0.3) is 0 Å².